The summed E-state index contributed by atoms with van der Waals surface area (Å²) in [5.74, 6) is -0.270. The average molecular weight is 374 g/mol. The van der Waals surface area contributed by atoms with Crippen molar-refractivity contribution in [2.24, 2.45) is 5.73 Å². The van der Waals surface area contributed by atoms with Crippen molar-refractivity contribution in [3.05, 3.63) is 33.1 Å². The Morgan fingerprint density at radius 2 is 1.95 bits per heavy atom. The predicted octanol–water partition coefficient (Wildman–Crippen LogP) is 2.52. The Morgan fingerprint density at radius 3 is 2.53 bits per heavy atom. The molecule has 2 aliphatic heterocycles. The zero-order valence-electron chi connectivity index (χ0n) is 10.5. The molecule has 0 radical (unpaired) electrons. The normalized spacial score (nSPS) is 29.6. The Labute approximate surface area is 125 Å². The van der Waals surface area contributed by atoms with E-state index in [1.165, 1.54) is 12.1 Å². The number of piperidine rings is 1. The smallest absolute Gasteiger partial charge is 0.255 e. The van der Waals surface area contributed by atoms with Gasteiger partial charge in [0.15, 0.2) is 0 Å². The number of nitrogens with two attached hydrogens (primary N) is 1. The van der Waals surface area contributed by atoms with Crippen LogP contribution >= 0.6 is 22.6 Å². The first-order valence-electron chi connectivity index (χ1n) is 6.59. The maximum Gasteiger partial charge on any atom is 0.255 e. The van der Waals surface area contributed by atoms with Crippen molar-refractivity contribution in [3.8, 4) is 0 Å². The van der Waals surface area contributed by atoms with Crippen LogP contribution in [0.25, 0.3) is 0 Å². The van der Waals surface area contributed by atoms with Crippen molar-refractivity contribution in [3.63, 3.8) is 0 Å². The lowest BCUT2D eigenvalue weighted by atomic mass is 9.97. The van der Waals surface area contributed by atoms with Crippen molar-refractivity contribution >= 4 is 28.5 Å². The van der Waals surface area contributed by atoms with Crippen LogP contribution in [0.5, 0.6) is 0 Å². The molecule has 3 rings (SSSR count). The molecular formula is C14H16FIN2O. The molecule has 2 atom stereocenters. The molecule has 19 heavy (non-hydrogen) atoms. The third kappa shape index (κ3) is 2.38. The number of hydrogen-bond donors (Lipinski definition) is 1. The average Bonchev–Trinajstić information content (AvgIpc) is 2.61. The fourth-order valence-corrected chi connectivity index (χ4v) is 4.06. The van der Waals surface area contributed by atoms with Gasteiger partial charge in [-0.2, -0.15) is 0 Å². The lowest BCUT2D eigenvalue weighted by molar-refractivity contribution is 0.0574. The van der Waals surface area contributed by atoms with Crippen LogP contribution < -0.4 is 5.73 Å². The fraction of sp³-hybridized carbons (Fsp3) is 0.500. The third-order valence-electron chi connectivity index (χ3n) is 4.17. The molecule has 2 unspecified atom stereocenters. The van der Waals surface area contributed by atoms with Gasteiger partial charge in [-0.3, -0.25) is 4.79 Å². The largest absolute Gasteiger partial charge is 0.333 e. The molecular weight excluding hydrogens is 358 g/mol. The molecule has 2 bridgehead atoms. The number of fused-ring (bicyclic) bond motifs is 2. The third-order valence-corrected chi connectivity index (χ3v) is 5.06. The number of carbonyl (C=O) groups excluding carboxylic acids is 1. The van der Waals surface area contributed by atoms with Crippen LogP contribution in [-0.4, -0.2) is 28.9 Å². The van der Waals surface area contributed by atoms with Crippen molar-refractivity contribution < 1.29 is 9.18 Å². The van der Waals surface area contributed by atoms with Crippen molar-refractivity contribution in [2.45, 2.75) is 43.8 Å². The Morgan fingerprint density at radius 1 is 1.32 bits per heavy atom. The van der Waals surface area contributed by atoms with E-state index in [0.717, 1.165) is 25.7 Å². The molecule has 0 spiro atoms. The quantitative estimate of drug-likeness (QED) is 0.768. The van der Waals surface area contributed by atoms with E-state index < -0.39 is 0 Å². The maximum absolute atomic E-state index is 13.1. The van der Waals surface area contributed by atoms with Crippen molar-refractivity contribution in [1.82, 2.24) is 4.90 Å². The second kappa shape index (κ2) is 5.01. The summed E-state index contributed by atoms with van der Waals surface area (Å²) < 4.78 is 13.8. The van der Waals surface area contributed by atoms with Gasteiger partial charge in [-0.25, -0.2) is 4.39 Å². The first-order valence-corrected chi connectivity index (χ1v) is 7.67. The molecule has 1 aromatic carbocycles. The van der Waals surface area contributed by atoms with Crippen LogP contribution in [0.4, 0.5) is 4.39 Å². The Kier molecular flexibility index (Phi) is 3.51. The Bertz CT molecular complexity index is 508. The molecule has 2 heterocycles. The number of hydrogen-bond acceptors (Lipinski definition) is 2. The maximum atomic E-state index is 13.1. The SMILES string of the molecule is NC1CC2CCC(C1)N2C(=O)c1ccc(F)cc1I. The number of rotatable bonds is 1. The molecule has 2 fully saturated rings. The van der Waals surface area contributed by atoms with Gasteiger partial charge in [-0.05, 0) is 66.5 Å². The molecule has 102 valence electrons. The molecule has 2 aliphatic rings. The number of benzene rings is 1. The van der Waals surface area contributed by atoms with Crippen LogP contribution in [0.15, 0.2) is 18.2 Å². The number of halogens is 2. The Balaban J connectivity index is 1.88. The highest BCUT2D eigenvalue weighted by molar-refractivity contribution is 14.1. The summed E-state index contributed by atoms with van der Waals surface area (Å²) in [6.45, 7) is 0. The standard InChI is InChI=1S/C14H16FIN2O/c15-8-1-4-12(13(16)5-8)14(19)18-10-2-3-11(18)7-9(17)6-10/h1,4-5,9-11H,2-3,6-7,17H2. The molecule has 1 aromatic rings. The van der Waals surface area contributed by atoms with Gasteiger partial charge in [0.1, 0.15) is 5.82 Å². The summed E-state index contributed by atoms with van der Waals surface area (Å²) in [6.07, 6.45) is 3.86. The summed E-state index contributed by atoms with van der Waals surface area (Å²) in [7, 11) is 0. The van der Waals surface area contributed by atoms with E-state index in [9.17, 15) is 9.18 Å². The van der Waals surface area contributed by atoms with Gasteiger partial charge in [0, 0.05) is 21.7 Å². The van der Waals surface area contributed by atoms with Gasteiger partial charge in [-0.1, -0.05) is 0 Å². The zero-order chi connectivity index (χ0) is 13.6. The second-order valence-corrected chi connectivity index (χ2v) is 6.62. The number of nitrogens with zero attached hydrogens (tertiary/aromatic N) is 1. The summed E-state index contributed by atoms with van der Waals surface area (Å²) in [4.78, 5) is 14.6. The molecule has 1 amide bonds. The monoisotopic (exact) mass is 374 g/mol. The van der Waals surface area contributed by atoms with Crippen LogP contribution in [0.1, 0.15) is 36.0 Å². The predicted molar refractivity (Wildman–Crippen MR) is 79.3 cm³/mol. The topological polar surface area (TPSA) is 46.3 Å². The van der Waals surface area contributed by atoms with Crippen molar-refractivity contribution in [2.75, 3.05) is 0 Å². The first kappa shape index (κ1) is 13.3. The van der Waals surface area contributed by atoms with E-state index in [-0.39, 0.29) is 29.8 Å². The zero-order valence-corrected chi connectivity index (χ0v) is 12.6. The minimum absolute atomic E-state index is 0.0313. The highest BCUT2D eigenvalue weighted by Gasteiger charge is 2.42. The molecule has 5 heteroatoms. The minimum atomic E-state index is -0.301. The van der Waals surface area contributed by atoms with Gasteiger partial charge in [0.2, 0.25) is 0 Å². The highest BCUT2D eigenvalue weighted by Crippen LogP contribution is 2.36. The van der Waals surface area contributed by atoms with Crippen molar-refractivity contribution in [1.29, 1.82) is 0 Å². The van der Waals surface area contributed by atoms with Crippen LogP contribution in [-0.2, 0) is 0 Å². The molecule has 0 aliphatic carbocycles. The molecule has 0 saturated carbocycles. The number of amides is 1. The van der Waals surface area contributed by atoms with Gasteiger partial charge < -0.3 is 10.6 Å². The van der Waals surface area contributed by atoms with Gasteiger partial charge in [0.25, 0.3) is 5.91 Å². The molecule has 2 N–H and O–H groups in total. The van der Waals surface area contributed by atoms with E-state index in [0.29, 0.717) is 9.13 Å². The lowest BCUT2D eigenvalue weighted by Crippen LogP contribution is -2.50. The van der Waals surface area contributed by atoms with E-state index in [1.54, 1.807) is 6.07 Å². The minimum Gasteiger partial charge on any atom is -0.333 e. The van der Waals surface area contributed by atoms with Crippen LogP contribution in [0.2, 0.25) is 0 Å². The lowest BCUT2D eigenvalue weighted by Gasteiger charge is -2.38. The van der Waals surface area contributed by atoms with E-state index >= 15 is 0 Å². The highest BCUT2D eigenvalue weighted by atomic mass is 127. The molecule has 3 nitrogen and oxygen atoms in total. The van der Waals surface area contributed by atoms with Crippen LogP contribution in [0.3, 0.4) is 0 Å². The van der Waals surface area contributed by atoms with E-state index in [4.69, 9.17) is 5.73 Å². The van der Waals surface area contributed by atoms with Gasteiger partial charge in [0.05, 0.1) is 5.56 Å². The fourth-order valence-electron chi connectivity index (χ4n) is 3.35. The first-order chi connectivity index (χ1) is 9.06. The summed E-state index contributed by atoms with van der Waals surface area (Å²) in [5.41, 5.74) is 6.62. The van der Waals surface area contributed by atoms with Gasteiger partial charge >= 0.3 is 0 Å². The van der Waals surface area contributed by atoms with E-state index in [1.807, 2.05) is 27.5 Å². The summed E-state index contributed by atoms with van der Waals surface area (Å²) in [6, 6.07) is 5.10. The molecule has 2 saturated heterocycles. The summed E-state index contributed by atoms with van der Waals surface area (Å²) >= 11 is 2.02. The summed E-state index contributed by atoms with van der Waals surface area (Å²) in [5, 5.41) is 0. The van der Waals surface area contributed by atoms with Crippen LogP contribution in [0, 0.1) is 9.39 Å². The molecule has 0 aromatic heterocycles. The van der Waals surface area contributed by atoms with E-state index in [2.05, 4.69) is 0 Å². The van der Waals surface area contributed by atoms with Gasteiger partial charge in [-0.15, -0.1) is 0 Å². The second-order valence-electron chi connectivity index (χ2n) is 5.45. The number of carbonyl (C=O) groups is 1. The Hall–Kier alpha value is -0.690.